The van der Waals surface area contributed by atoms with Gasteiger partial charge in [0, 0.05) is 18.7 Å². The lowest BCUT2D eigenvalue weighted by Gasteiger charge is -2.22. The van der Waals surface area contributed by atoms with Crippen LogP contribution in [0.3, 0.4) is 0 Å². The first-order chi connectivity index (χ1) is 13.1. The number of carbonyl (C=O) groups excluding carboxylic acids is 1. The molecule has 0 saturated heterocycles. The van der Waals surface area contributed by atoms with E-state index in [0.29, 0.717) is 43.3 Å². The van der Waals surface area contributed by atoms with Crippen molar-refractivity contribution in [3.05, 3.63) is 65.7 Å². The van der Waals surface area contributed by atoms with Crippen LogP contribution in [0.15, 0.2) is 54.6 Å². The Labute approximate surface area is 162 Å². The van der Waals surface area contributed by atoms with Gasteiger partial charge in [-0.1, -0.05) is 50.2 Å². The summed E-state index contributed by atoms with van der Waals surface area (Å²) in [5.41, 5.74) is 1.78. The summed E-state index contributed by atoms with van der Waals surface area (Å²) in [4.78, 5) is 14.7. The molecule has 0 heterocycles. The second-order valence-corrected chi connectivity index (χ2v) is 6.99. The summed E-state index contributed by atoms with van der Waals surface area (Å²) in [6.45, 7) is 5.97. The molecule has 4 heteroatoms. The molecule has 0 aromatic heterocycles. The van der Waals surface area contributed by atoms with E-state index in [1.807, 2.05) is 30.3 Å². The van der Waals surface area contributed by atoms with Crippen LogP contribution in [0, 0.1) is 17.2 Å². The number of rotatable bonds is 10. The van der Waals surface area contributed by atoms with Crippen LogP contribution in [-0.2, 0) is 6.42 Å². The highest BCUT2D eigenvalue weighted by Crippen LogP contribution is 2.17. The van der Waals surface area contributed by atoms with Crippen molar-refractivity contribution >= 4 is 5.91 Å². The van der Waals surface area contributed by atoms with Gasteiger partial charge in [-0.2, -0.15) is 5.26 Å². The van der Waals surface area contributed by atoms with Gasteiger partial charge in [0.1, 0.15) is 5.75 Å². The van der Waals surface area contributed by atoms with Crippen molar-refractivity contribution in [2.75, 3.05) is 19.7 Å². The van der Waals surface area contributed by atoms with Crippen molar-refractivity contribution in [2.24, 2.45) is 5.92 Å². The Balaban J connectivity index is 2.04. The van der Waals surface area contributed by atoms with E-state index in [-0.39, 0.29) is 5.91 Å². The second-order valence-electron chi connectivity index (χ2n) is 6.99. The zero-order chi connectivity index (χ0) is 19.5. The van der Waals surface area contributed by atoms with E-state index >= 15 is 0 Å². The molecule has 0 bridgehead atoms. The van der Waals surface area contributed by atoms with Crippen molar-refractivity contribution in [3.8, 4) is 11.8 Å². The van der Waals surface area contributed by atoms with Gasteiger partial charge in [-0.3, -0.25) is 4.79 Å². The number of hydrogen-bond acceptors (Lipinski definition) is 3. The predicted molar refractivity (Wildman–Crippen MR) is 108 cm³/mol. The number of hydrogen-bond donors (Lipinski definition) is 0. The van der Waals surface area contributed by atoms with Gasteiger partial charge in [-0.25, -0.2) is 0 Å². The van der Waals surface area contributed by atoms with Crippen LogP contribution < -0.4 is 4.74 Å². The first-order valence-corrected chi connectivity index (χ1v) is 9.53. The molecule has 0 spiro atoms. The minimum Gasteiger partial charge on any atom is -0.494 e. The molecule has 0 aliphatic carbocycles. The quantitative estimate of drug-likeness (QED) is 0.613. The molecule has 0 saturated carbocycles. The molecule has 2 aromatic carbocycles. The average molecular weight is 364 g/mol. The number of benzene rings is 2. The first-order valence-electron chi connectivity index (χ1n) is 9.53. The third-order valence-corrected chi connectivity index (χ3v) is 4.34. The van der Waals surface area contributed by atoms with Crippen LogP contribution in [0.1, 0.15) is 42.6 Å². The predicted octanol–water partition coefficient (Wildman–Crippen LogP) is 4.71. The molecular weight excluding hydrogens is 336 g/mol. The highest BCUT2D eigenvalue weighted by molar-refractivity contribution is 5.94. The van der Waals surface area contributed by atoms with Crippen molar-refractivity contribution in [2.45, 2.75) is 33.1 Å². The van der Waals surface area contributed by atoms with Crippen LogP contribution in [0.5, 0.6) is 5.75 Å². The van der Waals surface area contributed by atoms with Crippen molar-refractivity contribution in [1.82, 2.24) is 4.90 Å². The van der Waals surface area contributed by atoms with Gasteiger partial charge in [0.15, 0.2) is 0 Å². The Morgan fingerprint density at radius 1 is 1.11 bits per heavy atom. The molecule has 0 aliphatic heterocycles. The molecule has 0 aliphatic rings. The molecule has 0 unspecified atom stereocenters. The lowest BCUT2D eigenvalue weighted by Crippen LogP contribution is -2.33. The fourth-order valence-electron chi connectivity index (χ4n) is 2.72. The van der Waals surface area contributed by atoms with Crippen molar-refractivity contribution in [3.63, 3.8) is 0 Å². The number of ether oxygens (including phenoxy) is 1. The van der Waals surface area contributed by atoms with E-state index in [4.69, 9.17) is 10.00 Å². The van der Waals surface area contributed by atoms with E-state index in [0.717, 1.165) is 12.8 Å². The van der Waals surface area contributed by atoms with Gasteiger partial charge >= 0.3 is 0 Å². The Morgan fingerprint density at radius 2 is 1.89 bits per heavy atom. The highest BCUT2D eigenvalue weighted by atomic mass is 16.5. The van der Waals surface area contributed by atoms with Crippen LogP contribution >= 0.6 is 0 Å². The van der Waals surface area contributed by atoms with Gasteiger partial charge in [-0.05, 0) is 42.5 Å². The van der Waals surface area contributed by atoms with Crippen molar-refractivity contribution in [1.29, 1.82) is 5.26 Å². The Hall–Kier alpha value is -2.80. The van der Waals surface area contributed by atoms with E-state index in [1.54, 1.807) is 17.0 Å². The largest absolute Gasteiger partial charge is 0.494 e. The maximum atomic E-state index is 13.0. The molecule has 1 amide bonds. The number of amides is 1. The van der Waals surface area contributed by atoms with Crippen LogP contribution in [0.25, 0.3) is 0 Å². The lowest BCUT2D eigenvalue weighted by atomic mass is 10.1. The summed E-state index contributed by atoms with van der Waals surface area (Å²) in [6, 6.07) is 19.5. The summed E-state index contributed by atoms with van der Waals surface area (Å²) < 4.78 is 5.77. The van der Waals surface area contributed by atoms with Crippen LogP contribution in [-0.4, -0.2) is 30.5 Å². The first kappa shape index (κ1) is 20.5. The zero-order valence-corrected chi connectivity index (χ0v) is 16.2. The molecule has 0 radical (unpaired) electrons. The number of carbonyl (C=O) groups is 1. The third kappa shape index (κ3) is 7.15. The Kier molecular flexibility index (Phi) is 8.38. The molecular formula is C23H28N2O2. The van der Waals surface area contributed by atoms with Gasteiger partial charge in [0.05, 0.1) is 19.1 Å². The molecule has 27 heavy (non-hydrogen) atoms. The normalized spacial score (nSPS) is 10.4. The SMILES string of the molecule is CC(C)CCOc1cccc(C(=O)N(CCC#N)CCc2ccccc2)c1. The third-order valence-electron chi connectivity index (χ3n) is 4.34. The fraction of sp³-hybridized carbons (Fsp3) is 0.391. The summed E-state index contributed by atoms with van der Waals surface area (Å²) in [6.07, 6.45) is 2.07. The maximum absolute atomic E-state index is 13.0. The van der Waals surface area contributed by atoms with Crippen molar-refractivity contribution < 1.29 is 9.53 Å². The van der Waals surface area contributed by atoms with Gasteiger partial charge in [-0.15, -0.1) is 0 Å². The zero-order valence-electron chi connectivity index (χ0n) is 16.2. The number of nitrogens with zero attached hydrogens (tertiary/aromatic N) is 2. The minimum absolute atomic E-state index is 0.0597. The molecule has 0 fully saturated rings. The summed E-state index contributed by atoms with van der Waals surface area (Å²) in [5, 5.41) is 8.93. The minimum atomic E-state index is -0.0597. The Morgan fingerprint density at radius 3 is 2.59 bits per heavy atom. The highest BCUT2D eigenvalue weighted by Gasteiger charge is 2.16. The maximum Gasteiger partial charge on any atom is 0.254 e. The van der Waals surface area contributed by atoms with E-state index in [1.165, 1.54) is 5.56 Å². The van der Waals surface area contributed by atoms with Gasteiger partial charge in [0.25, 0.3) is 5.91 Å². The molecule has 0 atom stereocenters. The molecule has 2 aromatic rings. The lowest BCUT2D eigenvalue weighted by molar-refractivity contribution is 0.0760. The smallest absolute Gasteiger partial charge is 0.254 e. The van der Waals surface area contributed by atoms with Crippen LogP contribution in [0.4, 0.5) is 0 Å². The topological polar surface area (TPSA) is 53.3 Å². The fourth-order valence-corrected chi connectivity index (χ4v) is 2.72. The molecule has 2 rings (SSSR count). The van der Waals surface area contributed by atoms with Gasteiger partial charge < -0.3 is 9.64 Å². The molecule has 0 N–H and O–H groups in total. The molecule has 142 valence electrons. The summed E-state index contributed by atoms with van der Waals surface area (Å²) in [7, 11) is 0. The van der Waals surface area contributed by atoms with E-state index < -0.39 is 0 Å². The average Bonchev–Trinajstić information content (AvgIpc) is 2.68. The second kappa shape index (κ2) is 11.0. The number of nitriles is 1. The summed E-state index contributed by atoms with van der Waals surface area (Å²) in [5.74, 6) is 1.23. The summed E-state index contributed by atoms with van der Waals surface area (Å²) >= 11 is 0. The Bertz CT molecular complexity index is 750. The van der Waals surface area contributed by atoms with E-state index in [2.05, 4.69) is 32.0 Å². The standard InChI is InChI=1S/C23H28N2O2/c1-19(2)13-17-27-22-11-6-10-21(18-22)23(26)25(15-7-14-24)16-12-20-8-4-3-5-9-20/h3-6,8-11,18-19H,7,12-13,15-17H2,1-2H3. The monoisotopic (exact) mass is 364 g/mol. The molecule has 4 nitrogen and oxygen atoms in total. The van der Waals surface area contributed by atoms with Crippen LogP contribution in [0.2, 0.25) is 0 Å². The van der Waals surface area contributed by atoms with E-state index in [9.17, 15) is 4.79 Å². The van der Waals surface area contributed by atoms with Gasteiger partial charge in [0.2, 0.25) is 0 Å².